The van der Waals surface area contributed by atoms with Crippen LogP contribution in [0.5, 0.6) is 0 Å². The van der Waals surface area contributed by atoms with Crippen molar-refractivity contribution in [1.82, 2.24) is 9.97 Å². The van der Waals surface area contributed by atoms with E-state index in [0.717, 1.165) is 25.3 Å². The first-order chi connectivity index (χ1) is 9.36. The highest BCUT2D eigenvalue weighted by atomic mass is 19.4. The second kappa shape index (κ2) is 7.31. The molecule has 0 spiro atoms. The van der Waals surface area contributed by atoms with E-state index in [4.69, 9.17) is 0 Å². The van der Waals surface area contributed by atoms with Crippen molar-refractivity contribution in [3.05, 3.63) is 11.8 Å². The second-order valence-electron chi connectivity index (χ2n) is 4.72. The van der Waals surface area contributed by atoms with Crippen LogP contribution in [0.2, 0.25) is 0 Å². The average molecular weight is 290 g/mol. The molecule has 0 fully saturated rings. The van der Waals surface area contributed by atoms with Gasteiger partial charge in [0, 0.05) is 18.7 Å². The minimum atomic E-state index is -4.48. The van der Waals surface area contributed by atoms with Crippen LogP contribution >= 0.6 is 0 Å². The number of alkyl halides is 3. The van der Waals surface area contributed by atoms with Gasteiger partial charge in [-0.2, -0.15) is 18.2 Å². The quantitative estimate of drug-likeness (QED) is 0.799. The van der Waals surface area contributed by atoms with E-state index < -0.39 is 11.9 Å². The molecule has 1 heterocycles. The molecule has 1 aromatic heterocycles. The minimum Gasteiger partial charge on any atom is -0.367 e. The van der Waals surface area contributed by atoms with Gasteiger partial charge < -0.3 is 10.6 Å². The Kier molecular flexibility index (Phi) is 6.04. The summed E-state index contributed by atoms with van der Waals surface area (Å²) in [6, 6.07) is 1.01. The molecule has 1 rings (SSSR count). The number of hydrogen-bond acceptors (Lipinski definition) is 4. The van der Waals surface area contributed by atoms with Crippen molar-refractivity contribution in [1.29, 1.82) is 0 Å². The monoisotopic (exact) mass is 290 g/mol. The summed E-state index contributed by atoms with van der Waals surface area (Å²) in [5.41, 5.74) is -0.933. The van der Waals surface area contributed by atoms with Crippen LogP contribution in [-0.4, -0.2) is 22.6 Å². The van der Waals surface area contributed by atoms with Crippen molar-refractivity contribution in [3.63, 3.8) is 0 Å². The van der Waals surface area contributed by atoms with E-state index >= 15 is 0 Å². The highest BCUT2D eigenvalue weighted by Gasteiger charge is 2.33. The molecule has 1 aromatic rings. The van der Waals surface area contributed by atoms with E-state index in [1.165, 1.54) is 0 Å². The molecular weight excluding hydrogens is 269 g/mol. The topological polar surface area (TPSA) is 49.8 Å². The van der Waals surface area contributed by atoms with E-state index in [2.05, 4.69) is 20.6 Å². The molecule has 0 saturated carbocycles. The van der Waals surface area contributed by atoms with Crippen molar-refractivity contribution in [2.24, 2.45) is 0 Å². The van der Waals surface area contributed by atoms with Crippen LogP contribution in [0.4, 0.5) is 24.9 Å². The lowest BCUT2D eigenvalue weighted by Crippen LogP contribution is -2.19. The Balaban J connectivity index is 2.97. The molecular formula is C13H21F3N4. The maximum Gasteiger partial charge on any atom is 0.433 e. The van der Waals surface area contributed by atoms with E-state index in [-0.39, 0.29) is 17.8 Å². The standard InChI is InChI=1S/C13H21F3N4/c1-4-6-9(3)18-11-8-10(13(14,15)16)19-12(20-11)17-7-5-2/h8-9H,4-7H2,1-3H3,(H2,17,18,19,20). The van der Waals surface area contributed by atoms with Gasteiger partial charge in [-0.25, -0.2) is 4.98 Å². The average Bonchev–Trinajstić information content (AvgIpc) is 2.35. The highest BCUT2D eigenvalue weighted by Crippen LogP contribution is 2.29. The Bertz CT molecular complexity index is 421. The van der Waals surface area contributed by atoms with Gasteiger partial charge in [-0.1, -0.05) is 20.3 Å². The van der Waals surface area contributed by atoms with Gasteiger partial charge in [-0.15, -0.1) is 0 Å². The minimum absolute atomic E-state index is 0.00729. The Morgan fingerprint density at radius 2 is 1.90 bits per heavy atom. The molecule has 0 radical (unpaired) electrons. The van der Waals surface area contributed by atoms with Gasteiger partial charge in [-0.3, -0.25) is 0 Å². The summed E-state index contributed by atoms with van der Waals surface area (Å²) >= 11 is 0. The van der Waals surface area contributed by atoms with Crippen molar-refractivity contribution in [2.45, 2.75) is 52.3 Å². The summed E-state index contributed by atoms with van der Waals surface area (Å²) in [7, 11) is 0. The first-order valence-corrected chi connectivity index (χ1v) is 6.83. The predicted octanol–water partition coefficient (Wildman–Crippen LogP) is 3.92. The van der Waals surface area contributed by atoms with Crippen molar-refractivity contribution in [2.75, 3.05) is 17.2 Å². The molecule has 7 heteroatoms. The maximum atomic E-state index is 12.8. The zero-order valence-electron chi connectivity index (χ0n) is 12.0. The van der Waals surface area contributed by atoms with Crippen LogP contribution in [0.25, 0.3) is 0 Å². The number of nitrogens with zero attached hydrogens (tertiary/aromatic N) is 2. The lowest BCUT2D eigenvalue weighted by Gasteiger charge is -2.16. The SMILES string of the molecule is CCCNc1nc(NC(C)CCC)cc(C(F)(F)F)n1. The summed E-state index contributed by atoms with van der Waals surface area (Å²) in [4.78, 5) is 7.58. The van der Waals surface area contributed by atoms with Crippen molar-refractivity contribution in [3.8, 4) is 0 Å². The number of halogens is 3. The van der Waals surface area contributed by atoms with Crippen LogP contribution in [0.15, 0.2) is 6.07 Å². The third-order valence-electron chi connectivity index (χ3n) is 2.67. The number of nitrogens with one attached hydrogen (secondary N) is 2. The molecule has 0 bridgehead atoms. The molecule has 0 amide bonds. The van der Waals surface area contributed by atoms with Crippen molar-refractivity contribution >= 4 is 11.8 Å². The maximum absolute atomic E-state index is 12.8. The van der Waals surface area contributed by atoms with Gasteiger partial charge in [0.2, 0.25) is 5.95 Å². The summed E-state index contributed by atoms with van der Waals surface area (Å²) < 4.78 is 38.4. The van der Waals surface area contributed by atoms with E-state index in [1.807, 2.05) is 20.8 Å². The fraction of sp³-hybridized carbons (Fsp3) is 0.692. The summed E-state index contributed by atoms with van der Waals surface area (Å²) in [5.74, 6) is 0.208. The third-order valence-corrected chi connectivity index (χ3v) is 2.67. The molecule has 1 atom stereocenters. The fourth-order valence-electron chi connectivity index (χ4n) is 1.74. The highest BCUT2D eigenvalue weighted by molar-refractivity contribution is 5.43. The van der Waals surface area contributed by atoms with Gasteiger partial charge >= 0.3 is 6.18 Å². The van der Waals surface area contributed by atoms with E-state index in [0.29, 0.717) is 6.54 Å². The molecule has 0 aliphatic rings. The van der Waals surface area contributed by atoms with E-state index in [1.54, 1.807) is 0 Å². The Labute approximate surface area is 117 Å². The van der Waals surface area contributed by atoms with Crippen LogP contribution in [0.1, 0.15) is 45.7 Å². The molecule has 1 unspecified atom stereocenters. The van der Waals surface area contributed by atoms with Crippen LogP contribution < -0.4 is 10.6 Å². The van der Waals surface area contributed by atoms with Gasteiger partial charge in [0.05, 0.1) is 0 Å². The Morgan fingerprint density at radius 3 is 2.45 bits per heavy atom. The fourth-order valence-corrected chi connectivity index (χ4v) is 1.74. The van der Waals surface area contributed by atoms with Crippen LogP contribution in [-0.2, 0) is 6.18 Å². The van der Waals surface area contributed by atoms with Gasteiger partial charge in [-0.05, 0) is 19.8 Å². The molecule has 0 aromatic carbocycles. The van der Waals surface area contributed by atoms with Gasteiger partial charge in [0.1, 0.15) is 5.82 Å². The summed E-state index contributed by atoms with van der Waals surface area (Å²) in [5, 5.41) is 5.77. The first kappa shape index (κ1) is 16.5. The normalized spacial score (nSPS) is 13.1. The lowest BCUT2D eigenvalue weighted by molar-refractivity contribution is -0.141. The van der Waals surface area contributed by atoms with Crippen LogP contribution in [0.3, 0.4) is 0 Å². The Morgan fingerprint density at radius 1 is 1.20 bits per heavy atom. The number of anilines is 2. The molecule has 0 aliphatic heterocycles. The molecule has 0 aliphatic carbocycles. The smallest absolute Gasteiger partial charge is 0.367 e. The second-order valence-corrected chi connectivity index (χ2v) is 4.72. The molecule has 0 saturated heterocycles. The Hall–Kier alpha value is -1.53. The van der Waals surface area contributed by atoms with Gasteiger partial charge in [0.25, 0.3) is 0 Å². The largest absolute Gasteiger partial charge is 0.433 e. The molecule has 4 nitrogen and oxygen atoms in total. The van der Waals surface area contributed by atoms with Crippen molar-refractivity contribution < 1.29 is 13.2 Å². The molecule has 2 N–H and O–H groups in total. The zero-order chi connectivity index (χ0) is 15.2. The zero-order valence-corrected chi connectivity index (χ0v) is 12.0. The number of hydrogen-bond donors (Lipinski definition) is 2. The number of aromatic nitrogens is 2. The van der Waals surface area contributed by atoms with E-state index in [9.17, 15) is 13.2 Å². The summed E-state index contributed by atoms with van der Waals surface area (Å²) in [6.45, 7) is 6.39. The first-order valence-electron chi connectivity index (χ1n) is 6.83. The van der Waals surface area contributed by atoms with Crippen LogP contribution in [0, 0.1) is 0 Å². The van der Waals surface area contributed by atoms with Gasteiger partial charge in [0.15, 0.2) is 5.69 Å². The lowest BCUT2D eigenvalue weighted by atomic mass is 10.2. The molecule has 114 valence electrons. The third kappa shape index (κ3) is 5.22. The number of rotatable bonds is 7. The molecule has 20 heavy (non-hydrogen) atoms. The summed E-state index contributed by atoms with van der Waals surface area (Å²) in [6.07, 6.45) is -1.87. The predicted molar refractivity (Wildman–Crippen MR) is 73.8 cm³/mol.